The second kappa shape index (κ2) is 6.26. The van der Waals surface area contributed by atoms with E-state index in [1.807, 2.05) is 0 Å². The maximum Gasteiger partial charge on any atom is 0.266 e. The first-order valence-electron chi connectivity index (χ1n) is 9.71. The van der Waals surface area contributed by atoms with E-state index in [9.17, 15) is 24.6 Å². The number of para-hydroxylation sites is 1. The van der Waals surface area contributed by atoms with Gasteiger partial charge in [-0.3, -0.25) is 14.4 Å². The summed E-state index contributed by atoms with van der Waals surface area (Å²) in [5.41, 5.74) is -3.77. The van der Waals surface area contributed by atoms with E-state index >= 15 is 0 Å². The molecule has 7 heteroatoms. The normalized spacial score (nSPS) is 26.8. The maximum absolute atomic E-state index is 13.9. The number of carbonyl (C=O) groups is 3. The fourth-order valence-electron chi connectivity index (χ4n) is 4.78. The number of amides is 2. The van der Waals surface area contributed by atoms with Crippen molar-refractivity contribution in [1.82, 2.24) is 5.32 Å². The third-order valence-corrected chi connectivity index (χ3v) is 6.03. The third kappa shape index (κ3) is 2.23. The molecule has 7 nitrogen and oxygen atoms in total. The van der Waals surface area contributed by atoms with Crippen molar-refractivity contribution in [2.75, 3.05) is 4.90 Å². The number of nitrogens with one attached hydrogen (secondary N) is 1. The monoisotopic (exact) mass is 414 g/mol. The van der Waals surface area contributed by atoms with Gasteiger partial charge in [-0.1, -0.05) is 48.5 Å². The molecule has 0 bridgehead atoms. The van der Waals surface area contributed by atoms with E-state index in [4.69, 9.17) is 0 Å². The van der Waals surface area contributed by atoms with Crippen LogP contribution < -0.4 is 10.2 Å². The molecule has 1 fully saturated rings. The number of anilines is 1. The molecule has 2 amide bonds. The number of allylic oxidation sites excluding steroid dienone is 2. The van der Waals surface area contributed by atoms with E-state index in [1.165, 1.54) is 12.2 Å². The number of nitrogens with zero attached hydrogens (tertiary/aromatic N) is 1. The first-order valence-corrected chi connectivity index (χ1v) is 9.71. The summed E-state index contributed by atoms with van der Waals surface area (Å²) < 4.78 is 0. The van der Waals surface area contributed by atoms with Crippen LogP contribution in [0.1, 0.15) is 17.3 Å². The molecular weight excluding hydrogens is 396 g/mol. The van der Waals surface area contributed by atoms with Crippen molar-refractivity contribution < 1.29 is 24.6 Å². The van der Waals surface area contributed by atoms with Crippen molar-refractivity contribution in [3.05, 3.63) is 101 Å². The van der Waals surface area contributed by atoms with Crippen LogP contribution in [0.15, 0.2) is 95.4 Å². The van der Waals surface area contributed by atoms with Crippen LogP contribution in [-0.2, 0) is 9.59 Å². The minimum atomic E-state index is -2.12. The van der Waals surface area contributed by atoms with Crippen molar-refractivity contribution >= 4 is 23.3 Å². The van der Waals surface area contributed by atoms with Crippen LogP contribution in [-0.4, -0.2) is 33.5 Å². The van der Waals surface area contributed by atoms with Crippen LogP contribution in [0.5, 0.6) is 0 Å². The molecule has 1 aliphatic carbocycles. The van der Waals surface area contributed by atoms with Crippen molar-refractivity contribution in [3.8, 4) is 0 Å². The number of hydrogen-bond donors (Lipinski definition) is 3. The van der Waals surface area contributed by atoms with Crippen molar-refractivity contribution in [3.63, 3.8) is 0 Å². The molecule has 154 valence electrons. The Kier molecular flexibility index (Phi) is 3.84. The topological polar surface area (TPSA) is 107 Å². The summed E-state index contributed by atoms with van der Waals surface area (Å²) in [4.78, 5) is 41.8. The molecule has 2 aliphatic heterocycles. The Hall–Kier alpha value is -3.97. The van der Waals surface area contributed by atoms with Crippen LogP contribution in [0.25, 0.3) is 0 Å². The van der Waals surface area contributed by atoms with Crippen molar-refractivity contribution in [2.24, 2.45) is 5.41 Å². The second-order valence-corrected chi connectivity index (χ2v) is 7.71. The van der Waals surface area contributed by atoms with Gasteiger partial charge >= 0.3 is 0 Å². The average Bonchev–Trinajstić information content (AvgIpc) is 3.15. The molecule has 2 unspecified atom stereocenters. The molecule has 5 rings (SSSR count). The summed E-state index contributed by atoms with van der Waals surface area (Å²) in [6.45, 7) is 1.56. The fourth-order valence-corrected chi connectivity index (χ4v) is 4.78. The minimum Gasteiger partial charge on any atom is -0.507 e. The number of aliphatic hydroxyl groups is 2. The number of benzene rings is 2. The van der Waals surface area contributed by atoms with E-state index in [0.29, 0.717) is 5.56 Å². The van der Waals surface area contributed by atoms with Crippen LogP contribution in [0.3, 0.4) is 0 Å². The summed E-state index contributed by atoms with van der Waals surface area (Å²) in [6.07, 6.45) is 2.38. The van der Waals surface area contributed by atoms with E-state index in [1.54, 1.807) is 67.6 Å². The highest BCUT2D eigenvalue weighted by atomic mass is 16.3. The molecule has 1 saturated heterocycles. The summed E-state index contributed by atoms with van der Waals surface area (Å²) in [7, 11) is 0. The lowest BCUT2D eigenvalue weighted by atomic mass is 9.64. The molecule has 2 aromatic carbocycles. The molecular formula is C24H18N2O5. The van der Waals surface area contributed by atoms with E-state index in [-0.39, 0.29) is 22.5 Å². The predicted octanol–water partition coefficient (Wildman–Crippen LogP) is 2.38. The summed E-state index contributed by atoms with van der Waals surface area (Å²) in [6, 6.07) is 16.5. The highest BCUT2D eigenvalue weighted by Gasteiger charge is 2.74. The van der Waals surface area contributed by atoms with Gasteiger partial charge in [-0.25, -0.2) is 4.90 Å². The predicted molar refractivity (Wildman–Crippen MR) is 112 cm³/mol. The first-order chi connectivity index (χ1) is 14.8. The smallest absolute Gasteiger partial charge is 0.266 e. The van der Waals surface area contributed by atoms with Crippen LogP contribution in [0, 0.1) is 5.41 Å². The van der Waals surface area contributed by atoms with Gasteiger partial charge in [-0.05, 0) is 31.2 Å². The Morgan fingerprint density at radius 3 is 2.26 bits per heavy atom. The van der Waals surface area contributed by atoms with Gasteiger partial charge in [0.2, 0.25) is 0 Å². The molecule has 2 aromatic rings. The molecule has 0 saturated carbocycles. The van der Waals surface area contributed by atoms with Gasteiger partial charge in [0.05, 0.1) is 11.3 Å². The standard InChI is InChI=1S/C24H18N2O5/c1-14-18(20(28)15-8-4-2-5-9-15)24-19(17(27)12-13-23(24,31)25-14)21(29)26(22(24)30)16-10-6-3-7-11-16/h2-13,25,27,31H,1H3. The summed E-state index contributed by atoms with van der Waals surface area (Å²) in [5, 5.41) is 25.0. The van der Waals surface area contributed by atoms with Gasteiger partial charge < -0.3 is 15.5 Å². The fraction of sp³-hybridized carbons (Fsp3) is 0.125. The quantitative estimate of drug-likeness (QED) is 0.526. The molecule has 31 heavy (non-hydrogen) atoms. The second-order valence-electron chi connectivity index (χ2n) is 7.71. The van der Waals surface area contributed by atoms with Gasteiger partial charge in [0, 0.05) is 16.8 Å². The van der Waals surface area contributed by atoms with Crippen molar-refractivity contribution in [1.29, 1.82) is 0 Å². The Balaban J connectivity index is 1.80. The van der Waals surface area contributed by atoms with Gasteiger partial charge in [-0.15, -0.1) is 0 Å². The molecule has 3 aliphatic rings. The van der Waals surface area contributed by atoms with E-state index in [2.05, 4.69) is 5.32 Å². The lowest BCUT2D eigenvalue weighted by Gasteiger charge is -2.39. The molecule has 0 radical (unpaired) electrons. The zero-order valence-corrected chi connectivity index (χ0v) is 16.5. The maximum atomic E-state index is 13.9. The Bertz CT molecular complexity index is 1250. The summed E-state index contributed by atoms with van der Waals surface area (Å²) in [5.74, 6) is -2.57. The zero-order valence-electron chi connectivity index (χ0n) is 16.5. The largest absolute Gasteiger partial charge is 0.507 e. The van der Waals surface area contributed by atoms with Crippen LogP contribution >= 0.6 is 0 Å². The molecule has 0 aromatic heterocycles. The Labute approximate surface area is 177 Å². The van der Waals surface area contributed by atoms with Crippen LogP contribution in [0.2, 0.25) is 0 Å². The number of aliphatic hydroxyl groups excluding tert-OH is 1. The number of imide groups is 1. The highest BCUT2D eigenvalue weighted by molar-refractivity contribution is 6.36. The lowest BCUT2D eigenvalue weighted by Crippen LogP contribution is -2.58. The third-order valence-electron chi connectivity index (χ3n) is 6.03. The highest BCUT2D eigenvalue weighted by Crippen LogP contribution is 2.59. The average molecular weight is 414 g/mol. The Morgan fingerprint density at radius 2 is 1.61 bits per heavy atom. The molecule has 1 spiro atoms. The minimum absolute atomic E-state index is 0.0659. The van der Waals surface area contributed by atoms with Gasteiger partial charge in [0.1, 0.15) is 5.76 Å². The molecule has 2 atom stereocenters. The Morgan fingerprint density at radius 1 is 1.00 bits per heavy atom. The number of Topliss-reactive ketones (excluding diaryl/α,β-unsaturated/α-hetero) is 1. The number of carbonyl (C=O) groups excluding carboxylic acids is 3. The van der Waals surface area contributed by atoms with Gasteiger partial charge in [0.15, 0.2) is 16.9 Å². The molecule has 3 N–H and O–H groups in total. The van der Waals surface area contributed by atoms with Gasteiger partial charge in [0.25, 0.3) is 11.8 Å². The zero-order chi connectivity index (χ0) is 22.0. The number of hydrogen-bond acceptors (Lipinski definition) is 6. The number of ketones is 1. The molecule has 2 heterocycles. The first kappa shape index (κ1) is 19.0. The summed E-state index contributed by atoms with van der Waals surface area (Å²) >= 11 is 0. The SMILES string of the molecule is CC1=C(C(=O)c2ccccc2)C23C(=O)N(c4ccccc4)C(=O)C2=C(O)C=CC3(O)N1. The van der Waals surface area contributed by atoms with Gasteiger partial charge in [-0.2, -0.15) is 0 Å². The van der Waals surface area contributed by atoms with Crippen molar-refractivity contribution in [2.45, 2.75) is 12.6 Å². The lowest BCUT2D eigenvalue weighted by molar-refractivity contribution is -0.131. The van der Waals surface area contributed by atoms with E-state index < -0.39 is 34.5 Å². The van der Waals surface area contributed by atoms with Crippen LogP contribution in [0.4, 0.5) is 5.69 Å². The number of rotatable bonds is 3. The van der Waals surface area contributed by atoms with E-state index in [0.717, 1.165) is 4.90 Å².